The number of hydrogen-bond donors (Lipinski definition) is 1. The molecular formula is C21H15BrF2O4. The molecule has 3 aromatic carbocycles. The highest BCUT2D eigenvalue weighted by molar-refractivity contribution is 9.10. The van der Waals surface area contributed by atoms with Crippen molar-refractivity contribution in [1.29, 1.82) is 0 Å². The van der Waals surface area contributed by atoms with Crippen molar-refractivity contribution in [2.75, 3.05) is 7.11 Å². The topological polar surface area (TPSA) is 63.6 Å². The Hall–Kier alpha value is -3.06. The number of rotatable bonds is 3. The van der Waals surface area contributed by atoms with Crippen LogP contribution in [-0.2, 0) is 4.74 Å². The summed E-state index contributed by atoms with van der Waals surface area (Å²) in [4.78, 5) is 21.5. The Morgan fingerprint density at radius 3 is 2.00 bits per heavy atom. The zero-order valence-electron chi connectivity index (χ0n) is 14.7. The SMILES string of the molecule is COC(=O)c1ccc(Br)cc1F.O=C(O)c1ccc(-c2ccccc2)cc1F. The number of carbonyl (C=O) groups is 2. The van der Waals surface area contributed by atoms with Gasteiger partial charge in [0.25, 0.3) is 0 Å². The lowest BCUT2D eigenvalue weighted by Gasteiger charge is -2.03. The van der Waals surface area contributed by atoms with Crippen LogP contribution in [0.2, 0.25) is 0 Å². The van der Waals surface area contributed by atoms with Gasteiger partial charge in [-0.25, -0.2) is 18.4 Å². The van der Waals surface area contributed by atoms with E-state index in [1.54, 1.807) is 12.1 Å². The fraction of sp³-hybridized carbons (Fsp3) is 0.0476. The van der Waals surface area contributed by atoms with Crippen LogP contribution in [0, 0.1) is 11.6 Å². The van der Waals surface area contributed by atoms with Gasteiger partial charge < -0.3 is 9.84 Å². The van der Waals surface area contributed by atoms with Crippen molar-refractivity contribution >= 4 is 27.9 Å². The van der Waals surface area contributed by atoms with Crippen molar-refractivity contribution < 1.29 is 28.2 Å². The standard InChI is InChI=1S/C13H9FO2.C8H6BrFO2/c14-12-8-10(6-7-11(12)13(15)16)9-4-2-1-3-5-9;1-12-8(11)6-3-2-5(9)4-7(6)10/h1-8H,(H,15,16);2-4H,1H3. The zero-order chi connectivity index (χ0) is 20.7. The smallest absolute Gasteiger partial charge is 0.340 e. The zero-order valence-corrected chi connectivity index (χ0v) is 16.2. The van der Waals surface area contributed by atoms with Crippen molar-refractivity contribution in [1.82, 2.24) is 0 Å². The number of carboxylic acids is 1. The van der Waals surface area contributed by atoms with E-state index in [0.717, 1.165) is 5.56 Å². The summed E-state index contributed by atoms with van der Waals surface area (Å²) in [5.74, 6) is -3.22. The van der Waals surface area contributed by atoms with Gasteiger partial charge in [0.15, 0.2) is 0 Å². The van der Waals surface area contributed by atoms with Crippen molar-refractivity contribution in [3.8, 4) is 11.1 Å². The molecule has 0 saturated carbocycles. The van der Waals surface area contributed by atoms with Gasteiger partial charge >= 0.3 is 11.9 Å². The van der Waals surface area contributed by atoms with Crippen LogP contribution < -0.4 is 0 Å². The lowest BCUT2D eigenvalue weighted by molar-refractivity contribution is 0.0594. The molecule has 0 bridgehead atoms. The second kappa shape index (κ2) is 9.75. The Kier molecular flexibility index (Phi) is 7.40. The molecule has 3 rings (SSSR count). The van der Waals surface area contributed by atoms with E-state index in [0.29, 0.717) is 10.0 Å². The Labute approximate surface area is 168 Å². The maximum Gasteiger partial charge on any atom is 0.340 e. The fourth-order valence-corrected chi connectivity index (χ4v) is 2.60. The third kappa shape index (κ3) is 5.47. The Morgan fingerprint density at radius 1 is 0.857 bits per heavy atom. The molecule has 0 aromatic heterocycles. The number of halogens is 3. The van der Waals surface area contributed by atoms with Gasteiger partial charge in [-0.05, 0) is 41.5 Å². The van der Waals surface area contributed by atoms with E-state index in [1.165, 1.54) is 31.4 Å². The van der Waals surface area contributed by atoms with Crippen molar-refractivity contribution in [2.24, 2.45) is 0 Å². The van der Waals surface area contributed by atoms with Crippen LogP contribution in [0.15, 0.2) is 71.2 Å². The molecule has 1 N–H and O–H groups in total. The monoisotopic (exact) mass is 448 g/mol. The largest absolute Gasteiger partial charge is 0.478 e. The number of methoxy groups -OCH3 is 1. The van der Waals surface area contributed by atoms with E-state index in [9.17, 15) is 18.4 Å². The van der Waals surface area contributed by atoms with Crippen LogP contribution in [0.1, 0.15) is 20.7 Å². The first kappa shape index (κ1) is 21.2. The summed E-state index contributed by atoms with van der Waals surface area (Å²) >= 11 is 3.08. The minimum absolute atomic E-state index is 0.0549. The van der Waals surface area contributed by atoms with Crippen molar-refractivity contribution in [3.05, 3.63) is 94.0 Å². The van der Waals surface area contributed by atoms with Gasteiger partial charge in [-0.2, -0.15) is 0 Å². The highest BCUT2D eigenvalue weighted by atomic mass is 79.9. The average Bonchev–Trinajstić information content (AvgIpc) is 2.68. The summed E-state index contributed by atoms with van der Waals surface area (Å²) < 4.78 is 31.3. The summed E-state index contributed by atoms with van der Waals surface area (Å²) in [6.45, 7) is 0. The number of ether oxygens (including phenoxy) is 1. The molecule has 0 unspecified atom stereocenters. The number of carboxylic acid groups (broad SMARTS) is 1. The first-order valence-electron chi connectivity index (χ1n) is 7.95. The molecule has 0 aliphatic rings. The van der Waals surface area contributed by atoms with Crippen LogP contribution >= 0.6 is 15.9 Å². The molecule has 0 fully saturated rings. The summed E-state index contributed by atoms with van der Waals surface area (Å²) in [5, 5.41) is 8.69. The number of carbonyl (C=O) groups excluding carboxylic acids is 1. The van der Waals surface area contributed by atoms with Crippen LogP contribution in [0.4, 0.5) is 8.78 Å². The predicted octanol–water partition coefficient (Wildman–Crippen LogP) is 5.57. The quantitative estimate of drug-likeness (QED) is 0.532. The molecule has 0 aliphatic carbocycles. The lowest BCUT2D eigenvalue weighted by atomic mass is 10.0. The van der Waals surface area contributed by atoms with Crippen LogP contribution in [0.5, 0.6) is 0 Å². The van der Waals surface area contributed by atoms with Gasteiger partial charge in [-0.3, -0.25) is 0 Å². The second-order valence-electron chi connectivity index (χ2n) is 5.48. The van der Waals surface area contributed by atoms with Gasteiger partial charge in [-0.1, -0.05) is 52.3 Å². The Morgan fingerprint density at radius 2 is 1.46 bits per heavy atom. The minimum Gasteiger partial charge on any atom is -0.478 e. The molecule has 0 aliphatic heterocycles. The summed E-state index contributed by atoms with van der Waals surface area (Å²) in [6, 6.07) is 17.5. The average molecular weight is 449 g/mol. The van der Waals surface area contributed by atoms with Crippen molar-refractivity contribution in [2.45, 2.75) is 0 Å². The van der Waals surface area contributed by atoms with E-state index in [4.69, 9.17) is 5.11 Å². The molecule has 7 heteroatoms. The van der Waals surface area contributed by atoms with Gasteiger partial charge in [0, 0.05) is 4.47 Å². The van der Waals surface area contributed by atoms with Gasteiger partial charge in [0.2, 0.25) is 0 Å². The third-order valence-electron chi connectivity index (χ3n) is 3.64. The van der Waals surface area contributed by atoms with Crippen molar-refractivity contribution in [3.63, 3.8) is 0 Å². The molecule has 144 valence electrons. The normalized spacial score (nSPS) is 9.86. The van der Waals surface area contributed by atoms with E-state index in [2.05, 4.69) is 20.7 Å². The van der Waals surface area contributed by atoms with Gasteiger partial charge in [0.1, 0.15) is 11.6 Å². The highest BCUT2D eigenvalue weighted by Crippen LogP contribution is 2.21. The lowest BCUT2D eigenvalue weighted by Crippen LogP contribution is -2.03. The first-order chi connectivity index (χ1) is 13.3. The molecule has 0 atom stereocenters. The molecule has 0 spiro atoms. The molecule has 3 aromatic rings. The number of esters is 1. The summed E-state index contributed by atoms with van der Waals surface area (Å²) in [5.41, 5.74) is 1.17. The first-order valence-corrected chi connectivity index (χ1v) is 8.74. The highest BCUT2D eigenvalue weighted by Gasteiger charge is 2.11. The Bertz CT molecular complexity index is 991. The van der Waals surface area contributed by atoms with Crippen LogP contribution in [0.25, 0.3) is 11.1 Å². The molecule has 4 nitrogen and oxygen atoms in total. The molecular weight excluding hydrogens is 434 g/mol. The van der Waals surface area contributed by atoms with Crippen LogP contribution in [-0.4, -0.2) is 24.2 Å². The molecule has 0 heterocycles. The minimum atomic E-state index is -1.25. The number of benzene rings is 3. The molecule has 28 heavy (non-hydrogen) atoms. The van der Waals surface area contributed by atoms with Gasteiger partial charge in [0.05, 0.1) is 18.2 Å². The predicted molar refractivity (Wildman–Crippen MR) is 104 cm³/mol. The molecule has 0 amide bonds. The van der Waals surface area contributed by atoms with Gasteiger partial charge in [-0.15, -0.1) is 0 Å². The van der Waals surface area contributed by atoms with E-state index in [-0.39, 0.29) is 11.1 Å². The maximum atomic E-state index is 13.4. The van der Waals surface area contributed by atoms with E-state index in [1.807, 2.05) is 30.3 Å². The third-order valence-corrected chi connectivity index (χ3v) is 4.14. The molecule has 0 radical (unpaired) electrons. The van der Waals surface area contributed by atoms with E-state index >= 15 is 0 Å². The van der Waals surface area contributed by atoms with Crippen LogP contribution in [0.3, 0.4) is 0 Å². The second-order valence-corrected chi connectivity index (χ2v) is 6.40. The number of hydrogen-bond acceptors (Lipinski definition) is 3. The fourth-order valence-electron chi connectivity index (χ4n) is 2.26. The number of aromatic carboxylic acids is 1. The summed E-state index contributed by atoms with van der Waals surface area (Å²) in [6.07, 6.45) is 0. The van der Waals surface area contributed by atoms with E-state index < -0.39 is 23.6 Å². The molecule has 0 saturated heterocycles. The summed E-state index contributed by atoms with van der Waals surface area (Å²) in [7, 11) is 1.21. The maximum absolute atomic E-state index is 13.4. The Balaban J connectivity index is 0.000000209.